The van der Waals surface area contributed by atoms with Crippen molar-refractivity contribution in [1.82, 2.24) is 5.32 Å². The van der Waals surface area contributed by atoms with Crippen molar-refractivity contribution in [3.05, 3.63) is 72.9 Å². The first kappa shape index (κ1) is 63.1. The highest BCUT2D eigenvalue weighted by Gasteiger charge is 2.47. The van der Waals surface area contributed by atoms with Crippen molar-refractivity contribution in [2.45, 2.75) is 262 Å². The molecule has 0 aromatic rings. The molecule has 0 aromatic carbocycles. The molecule has 0 saturated carbocycles. The molecule has 11 nitrogen and oxygen atoms in total. The maximum atomic E-state index is 13.3. The van der Waals surface area contributed by atoms with Crippen molar-refractivity contribution >= 4 is 11.9 Å². The fraction of sp³-hybridized carbons (Fsp3) is 0.754. The Morgan fingerprint density at radius 3 is 1.71 bits per heavy atom. The molecule has 11 heteroatoms. The van der Waals surface area contributed by atoms with E-state index < -0.39 is 67.4 Å². The molecular weight excluding hydrogens is 859 g/mol. The topological polar surface area (TPSA) is 175 Å². The summed E-state index contributed by atoms with van der Waals surface area (Å²) in [5.74, 6) is -1.24. The molecule has 1 fully saturated rings. The van der Waals surface area contributed by atoms with Crippen LogP contribution in [-0.2, 0) is 23.8 Å². The number of rotatable bonds is 44. The van der Waals surface area contributed by atoms with Gasteiger partial charge in [0.2, 0.25) is 5.91 Å². The van der Waals surface area contributed by atoms with E-state index >= 15 is 0 Å². The second-order valence-electron chi connectivity index (χ2n) is 18.6. The van der Waals surface area contributed by atoms with E-state index in [0.717, 1.165) is 109 Å². The number of ether oxygens (including phenoxy) is 3. The van der Waals surface area contributed by atoms with Gasteiger partial charge in [-0.25, -0.2) is 0 Å². The average Bonchev–Trinajstić information content (AvgIpc) is 3.33. The predicted molar refractivity (Wildman–Crippen MR) is 278 cm³/mol. The van der Waals surface area contributed by atoms with E-state index in [-0.39, 0.29) is 19.4 Å². The van der Waals surface area contributed by atoms with Gasteiger partial charge in [0, 0.05) is 6.42 Å². The Hall–Kier alpha value is -2.90. The minimum atomic E-state index is -1.63. The minimum absolute atomic E-state index is 0.0933. The van der Waals surface area contributed by atoms with E-state index in [9.17, 15) is 35.1 Å². The third kappa shape index (κ3) is 33.6. The molecule has 6 N–H and O–H groups in total. The highest BCUT2D eigenvalue weighted by Crippen LogP contribution is 2.26. The lowest BCUT2D eigenvalue weighted by Gasteiger charge is -2.41. The molecule has 0 aromatic heterocycles. The molecule has 1 amide bonds. The zero-order valence-corrected chi connectivity index (χ0v) is 43.0. The number of allylic oxidation sites excluding steroid dienone is 11. The SMILES string of the molecule is CC/C=C/C/C=C/C/C=C/CCCCCCC(=O)OC1C(OCC(NC(=O)C(O)CCCCCCC/C=C/C=C/CCCCC)C(O)/C=C/CCCCCCCCCCC)OC(CO)C(O)C1O. The number of unbranched alkanes of at least 4 members (excludes halogenated alkanes) is 21. The number of hydrogen-bond donors (Lipinski definition) is 6. The molecule has 0 bridgehead atoms. The van der Waals surface area contributed by atoms with E-state index in [1.54, 1.807) is 6.08 Å². The molecule has 0 radical (unpaired) electrons. The van der Waals surface area contributed by atoms with Crippen molar-refractivity contribution in [2.75, 3.05) is 13.2 Å². The number of nitrogens with one attached hydrogen (secondary N) is 1. The van der Waals surface area contributed by atoms with Gasteiger partial charge in [0.25, 0.3) is 0 Å². The fourth-order valence-electron chi connectivity index (χ4n) is 8.01. The number of aliphatic hydroxyl groups is 5. The molecular formula is C57H99NO10. The van der Waals surface area contributed by atoms with Crippen LogP contribution in [0.25, 0.3) is 0 Å². The maximum absolute atomic E-state index is 13.3. The zero-order chi connectivity index (χ0) is 49.7. The second-order valence-corrected chi connectivity index (χ2v) is 18.6. The Bertz CT molecular complexity index is 1380. The van der Waals surface area contributed by atoms with Crippen LogP contribution in [0.4, 0.5) is 0 Å². The Morgan fingerprint density at radius 1 is 0.603 bits per heavy atom. The van der Waals surface area contributed by atoms with Crippen molar-refractivity contribution in [2.24, 2.45) is 0 Å². The maximum Gasteiger partial charge on any atom is 0.306 e. The van der Waals surface area contributed by atoms with Gasteiger partial charge in [-0.3, -0.25) is 9.59 Å². The van der Waals surface area contributed by atoms with Gasteiger partial charge in [0.05, 0.1) is 25.4 Å². The number of hydrogen-bond acceptors (Lipinski definition) is 10. The number of amides is 1. The van der Waals surface area contributed by atoms with Gasteiger partial charge in [-0.05, 0) is 83.5 Å². The molecule has 392 valence electrons. The Morgan fingerprint density at radius 2 is 1.10 bits per heavy atom. The van der Waals surface area contributed by atoms with Crippen LogP contribution in [-0.4, -0.2) is 99.6 Å². The summed E-state index contributed by atoms with van der Waals surface area (Å²) in [5, 5.41) is 56.6. The van der Waals surface area contributed by atoms with Gasteiger partial charge in [-0.15, -0.1) is 0 Å². The largest absolute Gasteiger partial charge is 0.454 e. The van der Waals surface area contributed by atoms with Crippen molar-refractivity contribution in [1.29, 1.82) is 0 Å². The summed E-state index contributed by atoms with van der Waals surface area (Å²) in [6, 6.07) is -1.04. The Kier molecular flexibility index (Phi) is 42.0. The second kappa shape index (κ2) is 45.3. The third-order valence-electron chi connectivity index (χ3n) is 12.4. The summed E-state index contributed by atoms with van der Waals surface area (Å²) in [7, 11) is 0. The highest BCUT2D eigenvalue weighted by atomic mass is 16.7. The normalized spacial score (nSPS) is 20.5. The van der Waals surface area contributed by atoms with Gasteiger partial charge in [0.1, 0.15) is 24.4 Å². The zero-order valence-electron chi connectivity index (χ0n) is 43.0. The predicted octanol–water partition coefficient (Wildman–Crippen LogP) is 11.7. The minimum Gasteiger partial charge on any atom is -0.454 e. The first-order chi connectivity index (χ1) is 33.2. The number of aliphatic hydroxyl groups excluding tert-OH is 5. The van der Waals surface area contributed by atoms with Crippen LogP contribution >= 0.6 is 0 Å². The van der Waals surface area contributed by atoms with Crippen molar-refractivity contribution in [3.8, 4) is 0 Å². The molecule has 1 rings (SSSR count). The fourth-order valence-corrected chi connectivity index (χ4v) is 8.01. The molecule has 0 aliphatic carbocycles. The molecule has 8 unspecified atom stereocenters. The lowest BCUT2D eigenvalue weighted by atomic mass is 9.99. The molecule has 1 aliphatic heterocycles. The molecule has 8 atom stereocenters. The lowest BCUT2D eigenvalue weighted by molar-refractivity contribution is -0.305. The summed E-state index contributed by atoms with van der Waals surface area (Å²) in [6.45, 7) is 5.58. The van der Waals surface area contributed by atoms with E-state index in [1.165, 1.54) is 57.8 Å². The van der Waals surface area contributed by atoms with Crippen LogP contribution in [0.5, 0.6) is 0 Å². The van der Waals surface area contributed by atoms with E-state index in [2.05, 4.69) is 86.8 Å². The van der Waals surface area contributed by atoms with E-state index in [1.807, 2.05) is 6.08 Å². The molecule has 1 aliphatic rings. The van der Waals surface area contributed by atoms with Gasteiger partial charge >= 0.3 is 5.97 Å². The Labute approximate surface area is 413 Å². The molecule has 68 heavy (non-hydrogen) atoms. The summed E-state index contributed by atoms with van der Waals surface area (Å²) in [5.41, 5.74) is 0. The van der Waals surface area contributed by atoms with Crippen LogP contribution in [0.15, 0.2) is 72.9 Å². The quantitative estimate of drug-likeness (QED) is 0.0149. The number of carbonyl (C=O) groups is 2. The van der Waals surface area contributed by atoms with E-state index in [0.29, 0.717) is 12.8 Å². The summed E-state index contributed by atoms with van der Waals surface area (Å²) >= 11 is 0. The van der Waals surface area contributed by atoms with Crippen LogP contribution in [0.3, 0.4) is 0 Å². The summed E-state index contributed by atoms with van der Waals surface area (Å²) in [6.07, 6.45) is 45.2. The first-order valence-electron chi connectivity index (χ1n) is 27.2. The highest BCUT2D eigenvalue weighted by molar-refractivity contribution is 5.80. The van der Waals surface area contributed by atoms with Gasteiger partial charge < -0.3 is 45.1 Å². The van der Waals surface area contributed by atoms with Crippen LogP contribution < -0.4 is 5.32 Å². The molecule has 0 spiro atoms. The van der Waals surface area contributed by atoms with Crippen LogP contribution in [0.2, 0.25) is 0 Å². The molecule has 1 heterocycles. The number of carbonyl (C=O) groups excluding carboxylic acids is 2. The van der Waals surface area contributed by atoms with Gasteiger partial charge in [-0.2, -0.15) is 0 Å². The first-order valence-corrected chi connectivity index (χ1v) is 27.2. The lowest BCUT2D eigenvalue weighted by Crippen LogP contribution is -2.61. The number of esters is 1. The van der Waals surface area contributed by atoms with E-state index in [4.69, 9.17) is 14.2 Å². The molecule has 1 saturated heterocycles. The van der Waals surface area contributed by atoms with Crippen molar-refractivity contribution in [3.63, 3.8) is 0 Å². The standard InChI is InChI=1S/C57H99NO10/c1-4-7-10-13-16-19-22-24-26-29-32-35-38-41-44-50(61)56(65)58-48(49(60)43-40-37-34-31-28-21-18-15-12-9-6-3)47-66-57-55(54(64)53(63)51(46-59)67-57)68-52(62)45-42-39-36-33-30-27-25-23-20-17-14-11-8-5-2/h8,11,16-17,19-20,22,24-25,27,40,43,48-51,53-55,57,59-61,63-64H,4-7,9-10,12-15,18,21,23,26,28-39,41-42,44-47H2,1-3H3,(H,58,65)/b11-8+,19-16+,20-17+,24-22+,27-25+,43-40+. The smallest absolute Gasteiger partial charge is 0.306 e. The van der Waals surface area contributed by atoms with Gasteiger partial charge in [-0.1, -0.05) is 196 Å². The van der Waals surface area contributed by atoms with Gasteiger partial charge in [0.15, 0.2) is 12.4 Å². The monoisotopic (exact) mass is 958 g/mol. The van der Waals surface area contributed by atoms with Crippen LogP contribution in [0.1, 0.15) is 213 Å². The third-order valence-corrected chi connectivity index (χ3v) is 12.4. The Balaban J connectivity index is 2.78. The van der Waals surface area contributed by atoms with Crippen molar-refractivity contribution < 1.29 is 49.3 Å². The summed E-state index contributed by atoms with van der Waals surface area (Å²) in [4.78, 5) is 26.4. The average molecular weight is 958 g/mol. The summed E-state index contributed by atoms with van der Waals surface area (Å²) < 4.78 is 17.5. The van der Waals surface area contributed by atoms with Crippen LogP contribution in [0, 0.1) is 0 Å².